The average Bonchev–Trinajstić information content (AvgIpc) is 2.55. The van der Waals surface area contributed by atoms with Crippen LogP contribution in [0, 0.1) is 0 Å². The topological polar surface area (TPSA) is 0 Å². The summed E-state index contributed by atoms with van der Waals surface area (Å²) in [6.07, 6.45) is 10.2. The van der Waals surface area contributed by atoms with Crippen LogP contribution < -0.4 is 0 Å². The monoisotopic (exact) mass is 496 g/mol. The summed E-state index contributed by atoms with van der Waals surface area (Å²) < 4.78 is 4.97. The van der Waals surface area contributed by atoms with Gasteiger partial charge in [-0.25, -0.2) is 0 Å². The smallest absolute Gasteiger partial charge is 0.0108 e. The molecule has 0 bridgehead atoms. The molecule has 21 heavy (non-hydrogen) atoms. The predicted octanol–water partition coefficient (Wildman–Crippen LogP) is 8.99. The van der Waals surface area contributed by atoms with Crippen molar-refractivity contribution in [2.24, 2.45) is 0 Å². The molecule has 0 heterocycles. The molecule has 0 aliphatic carbocycles. The molecule has 0 rings (SSSR count). The van der Waals surface area contributed by atoms with Gasteiger partial charge in [-0.1, -0.05) is 37.2 Å². The Labute approximate surface area is 156 Å². The summed E-state index contributed by atoms with van der Waals surface area (Å²) >= 11 is 6.01. The van der Waals surface area contributed by atoms with Crippen molar-refractivity contribution in [1.29, 1.82) is 0 Å². The molecule has 0 aromatic carbocycles. The minimum absolute atomic E-state index is 0. The number of unbranched alkanes of at least 4 members (excludes halogenated alkanes) is 3. The van der Waals surface area contributed by atoms with Crippen molar-refractivity contribution in [2.45, 2.75) is 98.8 Å². The van der Waals surface area contributed by atoms with Crippen molar-refractivity contribution >= 4 is 45.9 Å². The zero-order valence-electron chi connectivity index (χ0n) is 15.6. The van der Waals surface area contributed by atoms with Crippen molar-refractivity contribution in [3.8, 4) is 0 Å². The zero-order valence-corrected chi connectivity index (χ0v) is 20.8. The first-order valence-corrected chi connectivity index (χ1v) is 19.7. The Morgan fingerprint density at radius 3 is 1.05 bits per heavy atom. The van der Waals surface area contributed by atoms with Crippen LogP contribution in [0.4, 0.5) is 0 Å². The number of hydrogen-bond acceptors (Lipinski definition) is 0. The molecule has 136 valence electrons. The summed E-state index contributed by atoms with van der Waals surface area (Å²) in [6.45, 7) is 11.0. The number of alkyl halides is 2. The fraction of sp³-hybridized carbons (Fsp3) is 1.00. The van der Waals surface area contributed by atoms with E-state index >= 15 is 0 Å². The van der Waals surface area contributed by atoms with Crippen LogP contribution >= 0.6 is 27.5 Å². The summed E-state index contributed by atoms with van der Waals surface area (Å²) in [7, 11) is 0. The molecule has 0 unspecified atom stereocenters. The molecule has 0 N–H and O–H groups in total. The van der Waals surface area contributed by atoms with Crippen molar-refractivity contribution in [2.75, 3.05) is 12.2 Å². The Morgan fingerprint density at radius 2 is 0.905 bits per heavy atom. The fourth-order valence-electron chi connectivity index (χ4n) is 2.19. The van der Waals surface area contributed by atoms with E-state index in [1.807, 2.05) is 19.7 Å². The van der Waals surface area contributed by atoms with Crippen molar-refractivity contribution in [3.63, 3.8) is 0 Å². The number of rotatable bonds is 9. The van der Waals surface area contributed by atoms with Crippen LogP contribution in [0.1, 0.15) is 80.6 Å². The first-order valence-electron chi connectivity index (χ1n) is 8.44. The van der Waals surface area contributed by atoms with Gasteiger partial charge in [0.05, 0.1) is 0 Å². The summed E-state index contributed by atoms with van der Waals surface area (Å²) in [4.78, 5) is 2.72. The third kappa shape index (κ3) is 30.1. The molecule has 0 saturated carbocycles. The first kappa shape index (κ1) is 34.0. The third-order valence-corrected chi connectivity index (χ3v) is 16.8. The van der Waals surface area contributed by atoms with Gasteiger partial charge in [-0.05, 0) is 5.83 Å². The minimum Gasteiger partial charge on any atom is -0.130 e. The molecule has 0 atom stereocenters. The summed E-state index contributed by atoms with van der Waals surface area (Å²) in [5.41, 5.74) is 0. The van der Waals surface area contributed by atoms with Gasteiger partial charge < -0.3 is 0 Å². The Bertz CT molecular complexity index is 111. The van der Waals surface area contributed by atoms with E-state index in [9.17, 15) is 0 Å². The van der Waals surface area contributed by atoms with Crippen LogP contribution in [0.5, 0.6) is 0 Å². The van der Waals surface area contributed by atoms with E-state index in [0.29, 0.717) is 0 Å². The number of hydrogen-bond donors (Lipinski definition) is 0. The van der Waals surface area contributed by atoms with Crippen LogP contribution in [-0.2, 0) is 0 Å². The summed E-state index contributed by atoms with van der Waals surface area (Å²) in [5, 5.41) is 0. The number of halogens is 2. The van der Waals surface area contributed by atoms with Crippen molar-refractivity contribution < 1.29 is 0 Å². The molecule has 0 aliphatic rings. The molecule has 0 fully saturated rings. The molecule has 3 heteroatoms. The standard InChI is InChI=1S/3C4H9.C2H6.CH3Br.CH3Cl.CH4.CH3.Sn/c3*1-3-4-2;3*1-2;;;/h3*1,3-4H2,2H3;1-2H3;2*1H3;1H4;1H3;. The van der Waals surface area contributed by atoms with E-state index in [2.05, 4.69) is 53.2 Å². The average molecular weight is 497 g/mol. The maximum atomic E-state index is 4.64. The Balaban J connectivity index is -0.000000107. The Morgan fingerprint density at radius 1 is 0.714 bits per heavy atom. The molecule has 0 nitrogen and oxygen atoms in total. The van der Waals surface area contributed by atoms with Gasteiger partial charge in [0, 0.05) is 6.38 Å². The second kappa shape index (κ2) is 33.2. The SMILES string of the molecule is C.CBr.CC.CCC[CH2][Sn]([CH3])([CH2]CCC)[CH2]CCC.CCl. The molecule has 0 radical (unpaired) electrons. The molecule has 0 aromatic rings. The molecule has 0 amide bonds. The van der Waals surface area contributed by atoms with E-state index in [1.54, 1.807) is 13.3 Å². The van der Waals surface area contributed by atoms with Crippen LogP contribution in [0.15, 0.2) is 0 Å². The maximum Gasteiger partial charge on any atom is 0.0108 e. The second-order valence-corrected chi connectivity index (χ2v) is 19.7. The van der Waals surface area contributed by atoms with Gasteiger partial charge in [0.2, 0.25) is 0 Å². The maximum absolute atomic E-state index is 4.64. The molecule has 0 aliphatic heterocycles. The quantitative estimate of drug-likeness (QED) is 0.221. The van der Waals surface area contributed by atoms with E-state index in [4.69, 9.17) is 0 Å². The molecular weight excluding hydrogens is 450 g/mol. The van der Waals surface area contributed by atoms with Gasteiger partial charge >= 0.3 is 95.9 Å². The molecule has 0 aromatic heterocycles. The van der Waals surface area contributed by atoms with Crippen LogP contribution in [0.2, 0.25) is 18.2 Å². The van der Waals surface area contributed by atoms with Crippen molar-refractivity contribution in [1.82, 2.24) is 0 Å². The Kier molecular flexibility index (Phi) is 53.8. The molecular formula is C18H46BrClSn. The third-order valence-electron chi connectivity index (χ3n) is 3.40. The minimum atomic E-state index is -1.56. The van der Waals surface area contributed by atoms with Crippen molar-refractivity contribution in [3.05, 3.63) is 0 Å². The van der Waals surface area contributed by atoms with Gasteiger partial charge in [0.15, 0.2) is 0 Å². The Hall–Kier alpha value is 1.57. The molecule has 0 spiro atoms. The van der Waals surface area contributed by atoms with E-state index in [0.717, 1.165) is 0 Å². The van der Waals surface area contributed by atoms with Gasteiger partial charge in [-0.3, -0.25) is 0 Å². The molecule has 0 saturated heterocycles. The van der Waals surface area contributed by atoms with Gasteiger partial charge in [0.1, 0.15) is 0 Å². The van der Waals surface area contributed by atoms with Gasteiger partial charge in [-0.15, -0.1) is 11.6 Å². The summed E-state index contributed by atoms with van der Waals surface area (Å²) in [5.74, 6) is 1.81. The van der Waals surface area contributed by atoms with Crippen LogP contribution in [0.3, 0.4) is 0 Å². The predicted molar refractivity (Wildman–Crippen MR) is 115 cm³/mol. The fourth-order valence-corrected chi connectivity index (χ4v) is 14.7. The second-order valence-electron chi connectivity index (χ2n) is 5.12. The van der Waals surface area contributed by atoms with Gasteiger partial charge in [0.25, 0.3) is 0 Å². The van der Waals surface area contributed by atoms with E-state index in [1.165, 1.54) is 44.9 Å². The first-order chi connectivity index (χ1) is 9.68. The largest absolute Gasteiger partial charge is 0.130 e. The van der Waals surface area contributed by atoms with E-state index in [-0.39, 0.29) is 7.43 Å². The summed E-state index contributed by atoms with van der Waals surface area (Å²) in [6, 6.07) is 0. The van der Waals surface area contributed by atoms with Crippen LogP contribution in [-0.4, -0.2) is 30.6 Å². The van der Waals surface area contributed by atoms with Crippen LogP contribution in [0.25, 0.3) is 0 Å². The normalized spacial score (nSPS) is 8.86. The van der Waals surface area contributed by atoms with E-state index < -0.39 is 18.4 Å². The van der Waals surface area contributed by atoms with Gasteiger partial charge in [-0.2, -0.15) is 0 Å². The zero-order chi connectivity index (χ0) is 16.9.